The summed E-state index contributed by atoms with van der Waals surface area (Å²) in [5, 5.41) is 0. The van der Waals surface area contributed by atoms with Crippen molar-refractivity contribution in [2.24, 2.45) is 11.8 Å². The first-order chi connectivity index (χ1) is 6.83. The number of hydrogen-bond acceptors (Lipinski definition) is 3. The smallest absolute Gasteiger partial charge is 0.0617 e. The molecule has 0 amide bonds. The highest BCUT2D eigenvalue weighted by Crippen LogP contribution is 2.27. The van der Waals surface area contributed by atoms with Crippen molar-refractivity contribution < 1.29 is 4.74 Å². The fraction of sp³-hybridized carbons (Fsp3) is 0.818. The third-order valence-corrected chi connectivity index (χ3v) is 2.89. The van der Waals surface area contributed by atoms with Gasteiger partial charge < -0.3 is 4.74 Å². The summed E-state index contributed by atoms with van der Waals surface area (Å²) in [6.45, 7) is 4.87. The molecule has 80 valence electrons. The maximum atomic E-state index is 5.63. The molecule has 3 heteroatoms. The van der Waals surface area contributed by atoms with Crippen LogP contribution in [0.4, 0.5) is 0 Å². The van der Waals surface area contributed by atoms with Gasteiger partial charge >= 0.3 is 0 Å². The highest BCUT2D eigenvalue weighted by molar-refractivity contribution is 5.00. The first-order valence-electron chi connectivity index (χ1n) is 5.30. The van der Waals surface area contributed by atoms with E-state index in [1.165, 1.54) is 0 Å². The monoisotopic (exact) mass is 196 g/mol. The van der Waals surface area contributed by atoms with Crippen molar-refractivity contribution in [2.45, 2.75) is 45.3 Å². The molecule has 0 bridgehead atoms. The van der Waals surface area contributed by atoms with Crippen LogP contribution in [0.15, 0.2) is 0 Å². The molecule has 0 aliphatic carbocycles. The summed E-state index contributed by atoms with van der Waals surface area (Å²) in [4.78, 5) is 0. The Labute approximate surface area is 86.4 Å². The van der Waals surface area contributed by atoms with E-state index >= 15 is 0 Å². The maximum absolute atomic E-state index is 5.63. The molecular weight excluding hydrogens is 176 g/mol. The Hall–Kier alpha value is -0.560. The van der Waals surface area contributed by atoms with Gasteiger partial charge in [-0.2, -0.15) is 0 Å². The standard InChI is InChI=1S/C11H20N2O/c1-3-5-6-10(13-12)9-7-8-14-11(9)4-2/h9-11,13H,4,6-8,12H2,1-2H3. The second-order valence-electron chi connectivity index (χ2n) is 3.67. The van der Waals surface area contributed by atoms with E-state index in [9.17, 15) is 0 Å². The molecule has 1 heterocycles. The molecular formula is C11H20N2O. The van der Waals surface area contributed by atoms with Crippen molar-refractivity contribution in [3.05, 3.63) is 0 Å². The van der Waals surface area contributed by atoms with Gasteiger partial charge in [-0.1, -0.05) is 6.92 Å². The normalized spacial score (nSPS) is 28.2. The topological polar surface area (TPSA) is 47.3 Å². The van der Waals surface area contributed by atoms with Crippen molar-refractivity contribution in [1.82, 2.24) is 5.43 Å². The van der Waals surface area contributed by atoms with E-state index in [2.05, 4.69) is 24.2 Å². The van der Waals surface area contributed by atoms with E-state index in [4.69, 9.17) is 10.6 Å². The van der Waals surface area contributed by atoms with E-state index in [0.29, 0.717) is 12.0 Å². The summed E-state index contributed by atoms with van der Waals surface area (Å²) < 4.78 is 5.63. The second kappa shape index (κ2) is 6.02. The zero-order valence-electron chi connectivity index (χ0n) is 9.05. The Bertz CT molecular complexity index is 219. The molecule has 1 saturated heterocycles. The first-order valence-corrected chi connectivity index (χ1v) is 5.30. The van der Waals surface area contributed by atoms with E-state index in [1.54, 1.807) is 0 Å². The lowest BCUT2D eigenvalue weighted by Crippen LogP contribution is -2.43. The van der Waals surface area contributed by atoms with Gasteiger partial charge in [-0.25, -0.2) is 0 Å². The number of hydrogen-bond donors (Lipinski definition) is 2. The van der Waals surface area contributed by atoms with Crippen molar-refractivity contribution in [2.75, 3.05) is 6.61 Å². The molecule has 3 N–H and O–H groups in total. The minimum atomic E-state index is 0.273. The summed E-state index contributed by atoms with van der Waals surface area (Å²) in [7, 11) is 0. The second-order valence-corrected chi connectivity index (χ2v) is 3.67. The van der Waals surface area contributed by atoms with Crippen LogP contribution in [0.2, 0.25) is 0 Å². The van der Waals surface area contributed by atoms with Gasteiger partial charge in [0.1, 0.15) is 0 Å². The number of rotatable bonds is 4. The van der Waals surface area contributed by atoms with Gasteiger partial charge in [0.15, 0.2) is 0 Å². The van der Waals surface area contributed by atoms with Crippen molar-refractivity contribution in [3.8, 4) is 11.8 Å². The number of nitrogens with one attached hydrogen (secondary N) is 1. The molecule has 0 spiro atoms. The Morgan fingerprint density at radius 2 is 2.43 bits per heavy atom. The van der Waals surface area contributed by atoms with E-state index in [-0.39, 0.29) is 6.04 Å². The van der Waals surface area contributed by atoms with Gasteiger partial charge in [-0.3, -0.25) is 11.3 Å². The maximum Gasteiger partial charge on any atom is 0.0617 e. The lowest BCUT2D eigenvalue weighted by Gasteiger charge is -2.24. The van der Waals surface area contributed by atoms with Crippen molar-refractivity contribution in [3.63, 3.8) is 0 Å². The van der Waals surface area contributed by atoms with Gasteiger partial charge in [0.25, 0.3) is 0 Å². The minimum absolute atomic E-state index is 0.273. The van der Waals surface area contributed by atoms with Gasteiger partial charge in [-0.05, 0) is 19.8 Å². The number of hydrazine groups is 1. The van der Waals surface area contributed by atoms with Gasteiger partial charge in [0, 0.05) is 25.0 Å². The first kappa shape index (κ1) is 11.5. The van der Waals surface area contributed by atoms with Gasteiger partial charge in [0.2, 0.25) is 0 Å². The average molecular weight is 196 g/mol. The lowest BCUT2D eigenvalue weighted by atomic mass is 9.90. The quantitative estimate of drug-likeness (QED) is 0.401. The lowest BCUT2D eigenvalue weighted by molar-refractivity contribution is 0.0780. The zero-order valence-corrected chi connectivity index (χ0v) is 9.05. The summed E-state index contributed by atoms with van der Waals surface area (Å²) in [5.74, 6) is 12.0. The van der Waals surface area contributed by atoms with Gasteiger partial charge in [-0.15, -0.1) is 11.8 Å². The molecule has 1 aliphatic heterocycles. The molecule has 0 aromatic heterocycles. The molecule has 1 rings (SSSR count). The molecule has 3 unspecified atom stereocenters. The van der Waals surface area contributed by atoms with Crippen molar-refractivity contribution >= 4 is 0 Å². The third kappa shape index (κ3) is 2.71. The minimum Gasteiger partial charge on any atom is -0.378 e. The van der Waals surface area contributed by atoms with Crippen LogP contribution in [0.3, 0.4) is 0 Å². The van der Waals surface area contributed by atoms with Gasteiger partial charge in [0.05, 0.1) is 6.10 Å². The van der Waals surface area contributed by atoms with E-state index in [1.807, 2.05) is 6.92 Å². The summed E-state index contributed by atoms with van der Waals surface area (Å²) in [6, 6.07) is 0.273. The predicted octanol–water partition coefficient (Wildman–Crippen LogP) is 1.05. The van der Waals surface area contributed by atoms with Crippen LogP contribution in [0, 0.1) is 17.8 Å². The predicted molar refractivity (Wildman–Crippen MR) is 57.3 cm³/mol. The molecule has 0 radical (unpaired) electrons. The third-order valence-electron chi connectivity index (χ3n) is 2.89. The van der Waals surface area contributed by atoms with Crippen LogP contribution < -0.4 is 11.3 Å². The molecule has 1 aliphatic rings. The fourth-order valence-electron chi connectivity index (χ4n) is 2.09. The molecule has 0 saturated carbocycles. The Kier molecular flexibility index (Phi) is 4.95. The largest absolute Gasteiger partial charge is 0.378 e. The summed E-state index contributed by atoms with van der Waals surface area (Å²) in [6.07, 6.45) is 3.33. The van der Waals surface area contributed by atoms with E-state index in [0.717, 1.165) is 25.9 Å². The van der Waals surface area contributed by atoms with E-state index < -0.39 is 0 Å². The van der Waals surface area contributed by atoms with Crippen LogP contribution in [0.25, 0.3) is 0 Å². The molecule has 3 atom stereocenters. The fourth-order valence-corrected chi connectivity index (χ4v) is 2.09. The summed E-state index contributed by atoms with van der Waals surface area (Å²) in [5.41, 5.74) is 2.86. The van der Waals surface area contributed by atoms with Crippen molar-refractivity contribution in [1.29, 1.82) is 0 Å². The zero-order chi connectivity index (χ0) is 10.4. The Balaban J connectivity index is 2.52. The van der Waals surface area contributed by atoms with Crippen LogP contribution >= 0.6 is 0 Å². The summed E-state index contributed by atoms with van der Waals surface area (Å²) >= 11 is 0. The average Bonchev–Trinajstić information content (AvgIpc) is 2.67. The Morgan fingerprint density at radius 3 is 3.00 bits per heavy atom. The Morgan fingerprint density at radius 1 is 1.64 bits per heavy atom. The number of ether oxygens (including phenoxy) is 1. The van der Waals surface area contributed by atoms with Crippen LogP contribution in [-0.2, 0) is 4.74 Å². The molecule has 3 nitrogen and oxygen atoms in total. The molecule has 14 heavy (non-hydrogen) atoms. The SMILES string of the molecule is CC#CCC(NN)C1CCOC1CC. The van der Waals surface area contributed by atoms with Crippen LogP contribution in [-0.4, -0.2) is 18.8 Å². The highest BCUT2D eigenvalue weighted by atomic mass is 16.5. The molecule has 0 aromatic carbocycles. The molecule has 1 fully saturated rings. The van der Waals surface area contributed by atoms with Crippen LogP contribution in [0.1, 0.15) is 33.1 Å². The highest BCUT2D eigenvalue weighted by Gasteiger charge is 2.32. The molecule has 0 aromatic rings. The number of nitrogens with two attached hydrogens (primary N) is 1. The van der Waals surface area contributed by atoms with Crippen LogP contribution in [0.5, 0.6) is 0 Å².